The van der Waals surface area contributed by atoms with Crippen LogP contribution in [0.25, 0.3) is 6.08 Å². The van der Waals surface area contributed by atoms with Gasteiger partial charge in [-0.05, 0) is 76.5 Å². The Labute approximate surface area is 204 Å². The summed E-state index contributed by atoms with van der Waals surface area (Å²) in [5.74, 6) is 0.130. The van der Waals surface area contributed by atoms with E-state index in [9.17, 15) is 9.59 Å². The number of hydrazine groups is 1. The number of halogens is 2. The van der Waals surface area contributed by atoms with E-state index in [1.54, 1.807) is 48.5 Å². The lowest BCUT2D eigenvalue weighted by Gasteiger charge is -2.15. The van der Waals surface area contributed by atoms with E-state index in [1.165, 1.54) is 11.1 Å². The molecule has 33 heavy (non-hydrogen) atoms. The SMILES string of the molecule is CCOc1cc(/C=C2\C(=O)NN(c3ccccc3)C2=O)cc(Br)c1OCc1ccc(Cl)cc1. The van der Waals surface area contributed by atoms with Gasteiger partial charge in [0, 0.05) is 5.02 Å². The quantitative estimate of drug-likeness (QED) is 0.324. The zero-order chi connectivity index (χ0) is 23.4. The molecule has 0 aliphatic carbocycles. The van der Waals surface area contributed by atoms with Gasteiger partial charge < -0.3 is 9.47 Å². The molecule has 1 heterocycles. The summed E-state index contributed by atoms with van der Waals surface area (Å²) in [6.45, 7) is 2.61. The Balaban J connectivity index is 1.60. The van der Waals surface area contributed by atoms with Crippen molar-refractivity contribution in [3.63, 3.8) is 0 Å². The molecule has 1 aliphatic heterocycles. The first-order valence-electron chi connectivity index (χ1n) is 10.2. The maximum Gasteiger partial charge on any atom is 0.282 e. The second-order valence-electron chi connectivity index (χ2n) is 7.15. The number of nitrogens with zero attached hydrogens (tertiary/aromatic N) is 1. The monoisotopic (exact) mass is 526 g/mol. The predicted octanol–water partition coefficient (Wildman–Crippen LogP) is 5.54. The molecule has 0 bridgehead atoms. The van der Waals surface area contributed by atoms with Crippen molar-refractivity contribution in [3.05, 3.63) is 92.9 Å². The summed E-state index contributed by atoms with van der Waals surface area (Å²) in [7, 11) is 0. The van der Waals surface area contributed by atoms with Crippen LogP contribution in [0.15, 0.2) is 76.8 Å². The molecule has 0 saturated carbocycles. The van der Waals surface area contributed by atoms with Crippen LogP contribution in [0.3, 0.4) is 0 Å². The van der Waals surface area contributed by atoms with E-state index in [-0.39, 0.29) is 5.57 Å². The Bertz CT molecular complexity index is 1210. The van der Waals surface area contributed by atoms with Crippen molar-refractivity contribution in [2.75, 3.05) is 11.6 Å². The Morgan fingerprint density at radius 1 is 1.03 bits per heavy atom. The van der Waals surface area contributed by atoms with E-state index in [0.717, 1.165) is 5.56 Å². The number of benzene rings is 3. The molecule has 8 heteroatoms. The van der Waals surface area contributed by atoms with E-state index in [1.807, 2.05) is 25.1 Å². The van der Waals surface area contributed by atoms with E-state index < -0.39 is 11.8 Å². The molecule has 1 aliphatic rings. The molecule has 0 aromatic heterocycles. The lowest BCUT2D eigenvalue weighted by molar-refractivity contribution is -0.117. The van der Waals surface area contributed by atoms with Gasteiger partial charge in [-0.25, -0.2) is 5.01 Å². The van der Waals surface area contributed by atoms with Crippen LogP contribution in [-0.2, 0) is 16.2 Å². The molecule has 1 N–H and O–H groups in total. The first kappa shape index (κ1) is 22.9. The smallest absolute Gasteiger partial charge is 0.282 e. The Hall–Kier alpha value is -3.29. The fourth-order valence-electron chi connectivity index (χ4n) is 3.29. The summed E-state index contributed by atoms with van der Waals surface area (Å²) >= 11 is 9.47. The van der Waals surface area contributed by atoms with Crippen LogP contribution >= 0.6 is 27.5 Å². The molecule has 3 aromatic carbocycles. The highest BCUT2D eigenvalue weighted by Gasteiger charge is 2.34. The molecule has 3 aromatic rings. The third-order valence-corrected chi connectivity index (χ3v) is 5.69. The van der Waals surface area contributed by atoms with E-state index in [0.29, 0.717) is 45.5 Å². The minimum Gasteiger partial charge on any atom is -0.490 e. The van der Waals surface area contributed by atoms with Gasteiger partial charge in [0.1, 0.15) is 12.2 Å². The van der Waals surface area contributed by atoms with Crippen molar-refractivity contribution < 1.29 is 19.1 Å². The van der Waals surface area contributed by atoms with Crippen molar-refractivity contribution in [2.24, 2.45) is 0 Å². The van der Waals surface area contributed by atoms with Gasteiger partial charge in [0.15, 0.2) is 11.5 Å². The Morgan fingerprint density at radius 3 is 2.45 bits per heavy atom. The summed E-state index contributed by atoms with van der Waals surface area (Å²) in [5, 5.41) is 1.89. The van der Waals surface area contributed by atoms with Gasteiger partial charge in [-0.15, -0.1) is 0 Å². The van der Waals surface area contributed by atoms with E-state index in [2.05, 4.69) is 21.4 Å². The van der Waals surface area contributed by atoms with Crippen molar-refractivity contribution in [1.82, 2.24) is 5.43 Å². The second-order valence-corrected chi connectivity index (χ2v) is 8.44. The van der Waals surface area contributed by atoms with Crippen LogP contribution in [0.4, 0.5) is 5.69 Å². The number of nitrogens with one attached hydrogen (secondary N) is 1. The molecule has 1 saturated heterocycles. The number of amides is 2. The number of para-hydroxylation sites is 1. The zero-order valence-electron chi connectivity index (χ0n) is 17.7. The van der Waals surface area contributed by atoms with Crippen molar-refractivity contribution in [2.45, 2.75) is 13.5 Å². The number of carbonyl (C=O) groups excluding carboxylic acids is 2. The van der Waals surface area contributed by atoms with Crippen LogP contribution in [0.1, 0.15) is 18.1 Å². The normalized spacial score (nSPS) is 14.5. The molecular weight excluding hydrogens is 508 g/mol. The van der Waals surface area contributed by atoms with Gasteiger partial charge in [0.25, 0.3) is 11.8 Å². The molecule has 0 unspecified atom stereocenters. The third kappa shape index (κ3) is 5.21. The molecule has 6 nitrogen and oxygen atoms in total. The van der Waals surface area contributed by atoms with Crippen LogP contribution in [0.2, 0.25) is 5.02 Å². The molecule has 0 spiro atoms. The van der Waals surface area contributed by atoms with Gasteiger partial charge in [-0.2, -0.15) is 0 Å². The highest BCUT2D eigenvalue weighted by Crippen LogP contribution is 2.38. The molecule has 0 atom stereocenters. The number of anilines is 1. The Kier molecular flexibility index (Phi) is 7.01. The highest BCUT2D eigenvalue weighted by atomic mass is 79.9. The van der Waals surface area contributed by atoms with Crippen LogP contribution < -0.4 is 19.9 Å². The lowest BCUT2D eigenvalue weighted by Crippen LogP contribution is -2.35. The van der Waals surface area contributed by atoms with Crippen molar-refractivity contribution in [1.29, 1.82) is 0 Å². The van der Waals surface area contributed by atoms with Gasteiger partial charge in [-0.3, -0.25) is 15.0 Å². The minimum absolute atomic E-state index is 0.0306. The summed E-state index contributed by atoms with van der Waals surface area (Å²) in [5.41, 5.74) is 4.79. The molecular formula is C25H20BrClN2O4. The first-order chi connectivity index (χ1) is 16.0. The van der Waals surface area contributed by atoms with E-state index >= 15 is 0 Å². The summed E-state index contributed by atoms with van der Waals surface area (Å²) in [4.78, 5) is 25.4. The fourth-order valence-corrected chi connectivity index (χ4v) is 3.99. The van der Waals surface area contributed by atoms with Crippen LogP contribution in [0.5, 0.6) is 11.5 Å². The van der Waals surface area contributed by atoms with Crippen LogP contribution in [-0.4, -0.2) is 18.4 Å². The number of carbonyl (C=O) groups is 2. The van der Waals surface area contributed by atoms with Gasteiger partial charge in [-0.1, -0.05) is 41.9 Å². The number of hydrogen-bond acceptors (Lipinski definition) is 4. The standard InChI is InChI=1S/C25H20BrClN2O4/c1-2-32-22-14-17(13-21(26)23(22)33-15-16-8-10-18(27)11-9-16)12-20-24(30)28-29(25(20)31)19-6-4-3-5-7-19/h3-14H,2,15H2,1H3,(H,28,30)/b20-12+. The zero-order valence-corrected chi connectivity index (χ0v) is 20.0. The second kappa shape index (κ2) is 10.1. The first-order valence-corrected chi connectivity index (χ1v) is 11.4. The fraction of sp³-hybridized carbons (Fsp3) is 0.120. The summed E-state index contributed by atoms with van der Waals surface area (Å²) < 4.78 is 12.4. The number of rotatable bonds is 7. The maximum absolute atomic E-state index is 12.9. The largest absolute Gasteiger partial charge is 0.490 e. The average molecular weight is 528 g/mol. The molecule has 168 valence electrons. The summed E-state index contributed by atoms with van der Waals surface area (Å²) in [6, 6.07) is 19.8. The minimum atomic E-state index is -0.471. The van der Waals surface area contributed by atoms with Gasteiger partial charge >= 0.3 is 0 Å². The van der Waals surface area contributed by atoms with Crippen molar-refractivity contribution in [3.8, 4) is 11.5 Å². The molecule has 1 fully saturated rings. The average Bonchev–Trinajstić information content (AvgIpc) is 3.09. The molecule has 0 radical (unpaired) electrons. The van der Waals surface area contributed by atoms with Gasteiger partial charge in [0.05, 0.1) is 16.8 Å². The molecule has 2 amide bonds. The maximum atomic E-state index is 12.9. The van der Waals surface area contributed by atoms with Crippen LogP contribution in [0, 0.1) is 0 Å². The number of ether oxygens (including phenoxy) is 2. The topological polar surface area (TPSA) is 67.9 Å². The highest BCUT2D eigenvalue weighted by molar-refractivity contribution is 9.10. The van der Waals surface area contributed by atoms with Gasteiger partial charge in [0.2, 0.25) is 0 Å². The number of hydrogen-bond donors (Lipinski definition) is 1. The van der Waals surface area contributed by atoms with E-state index in [4.69, 9.17) is 21.1 Å². The van der Waals surface area contributed by atoms with Crippen molar-refractivity contribution >= 4 is 51.1 Å². The summed E-state index contributed by atoms with van der Waals surface area (Å²) in [6.07, 6.45) is 1.54. The molecule has 4 rings (SSSR count). The third-order valence-electron chi connectivity index (χ3n) is 4.84. The lowest BCUT2D eigenvalue weighted by atomic mass is 10.1. The Morgan fingerprint density at radius 2 is 1.76 bits per heavy atom. The predicted molar refractivity (Wildman–Crippen MR) is 131 cm³/mol.